The largest absolute Gasteiger partial charge is 0.462 e. The van der Waals surface area contributed by atoms with Gasteiger partial charge in [0.15, 0.2) is 0 Å². The lowest BCUT2D eigenvalue weighted by molar-refractivity contribution is -0.170. The smallest absolute Gasteiger partial charge is 0.306 e. The molecule has 59 heavy (non-hydrogen) atoms. The molecule has 0 spiro atoms. The molecular formula is C55H96O4. The van der Waals surface area contributed by atoms with Crippen molar-refractivity contribution in [1.82, 2.24) is 0 Å². The van der Waals surface area contributed by atoms with Crippen molar-refractivity contribution in [1.29, 1.82) is 0 Å². The Balaban J connectivity index is 1.04. The molecule has 0 aromatic heterocycles. The van der Waals surface area contributed by atoms with Crippen LogP contribution >= 0.6 is 0 Å². The van der Waals surface area contributed by atoms with Gasteiger partial charge in [-0.15, -0.1) is 0 Å². The Morgan fingerprint density at radius 2 is 0.915 bits per heavy atom. The van der Waals surface area contributed by atoms with E-state index >= 15 is 0 Å². The van der Waals surface area contributed by atoms with Crippen molar-refractivity contribution in [2.75, 3.05) is 0 Å². The van der Waals surface area contributed by atoms with Gasteiger partial charge in [-0.3, -0.25) is 9.59 Å². The van der Waals surface area contributed by atoms with E-state index in [1.165, 1.54) is 180 Å². The number of allylic oxidation sites excluding steroid dienone is 4. The summed E-state index contributed by atoms with van der Waals surface area (Å²) in [5.74, 6) is 2.96. The summed E-state index contributed by atoms with van der Waals surface area (Å²) in [6.07, 6.45) is 54.7. The fourth-order valence-electron chi connectivity index (χ4n) is 12.6. The second-order valence-electron chi connectivity index (χ2n) is 20.8. The van der Waals surface area contributed by atoms with Crippen molar-refractivity contribution in [3.05, 3.63) is 24.3 Å². The van der Waals surface area contributed by atoms with Gasteiger partial charge in [0.05, 0.1) is 0 Å². The number of hydrogen-bond donors (Lipinski definition) is 0. The highest BCUT2D eigenvalue weighted by Gasteiger charge is 2.61. The molecule has 0 amide bonds. The molecule has 4 fully saturated rings. The van der Waals surface area contributed by atoms with E-state index in [0.29, 0.717) is 30.1 Å². The topological polar surface area (TPSA) is 52.6 Å². The molecule has 4 rings (SSSR count). The molecule has 0 aromatic rings. The Labute approximate surface area is 366 Å². The van der Waals surface area contributed by atoms with Crippen molar-refractivity contribution in [3.8, 4) is 0 Å². The second kappa shape index (κ2) is 28.9. The molecule has 4 heteroatoms. The molecule has 0 aliphatic heterocycles. The zero-order valence-corrected chi connectivity index (χ0v) is 39.6. The first kappa shape index (κ1) is 50.1. The van der Waals surface area contributed by atoms with Gasteiger partial charge in [-0.05, 0) is 151 Å². The molecule has 4 saturated carbocycles. The van der Waals surface area contributed by atoms with Gasteiger partial charge in [0, 0.05) is 18.3 Å². The molecule has 4 aliphatic carbocycles. The Morgan fingerprint density at radius 1 is 0.475 bits per heavy atom. The van der Waals surface area contributed by atoms with Gasteiger partial charge in [-0.2, -0.15) is 0 Å². The van der Waals surface area contributed by atoms with Crippen molar-refractivity contribution < 1.29 is 19.1 Å². The minimum absolute atomic E-state index is 0.0436. The summed E-state index contributed by atoms with van der Waals surface area (Å²) in [7, 11) is 0. The average molecular weight is 821 g/mol. The number of carbonyl (C=O) groups is 2. The number of unbranched alkanes of at least 4 members (excludes halogenated alkanes) is 22. The number of carbonyl (C=O) groups excluding carboxylic acids is 2. The van der Waals surface area contributed by atoms with Crippen LogP contribution in [0.25, 0.3) is 0 Å². The fourth-order valence-corrected chi connectivity index (χ4v) is 12.6. The molecule has 0 radical (unpaired) electrons. The first-order valence-corrected chi connectivity index (χ1v) is 26.5. The summed E-state index contributed by atoms with van der Waals surface area (Å²) in [5, 5.41) is 0. The van der Waals surface area contributed by atoms with Gasteiger partial charge >= 0.3 is 11.9 Å². The highest BCUT2D eigenvalue weighted by molar-refractivity contribution is 5.70. The summed E-state index contributed by atoms with van der Waals surface area (Å²) in [5.41, 5.74) is 0.495. The van der Waals surface area contributed by atoms with E-state index in [2.05, 4.69) is 52.0 Å². The van der Waals surface area contributed by atoms with Crippen molar-refractivity contribution in [2.45, 2.75) is 277 Å². The van der Waals surface area contributed by atoms with Crippen molar-refractivity contribution in [2.24, 2.45) is 34.5 Å². The first-order chi connectivity index (χ1) is 28.8. The molecule has 8 atom stereocenters. The molecular weight excluding hydrogens is 725 g/mol. The van der Waals surface area contributed by atoms with Crippen LogP contribution in [0.2, 0.25) is 0 Å². The lowest BCUT2D eigenvalue weighted by Gasteiger charge is -2.60. The fraction of sp³-hybridized carbons (Fsp3) is 0.891. The maximum Gasteiger partial charge on any atom is 0.306 e. The van der Waals surface area contributed by atoms with E-state index in [-0.39, 0.29) is 29.6 Å². The average Bonchev–Trinajstić information content (AvgIpc) is 3.56. The molecule has 0 heterocycles. The third-order valence-corrected chi connectivity index (χ3v) is 16.4. The van der Waals surface area contributed by atoms with Crippen LogP contribution in [-0.4, -0.2) is 24.1 Å². The number of fused-ring (bicyclic) bond motifs is 5. The number of esters is 2. The predicted octanol–water partition coefficient (Wildman–Crippen LogP) is 16.9. The van der Waals surface area contributed by atoms with Crippen molar-refractivity contribution in [3.63, 3.8) is 0 Å². The molecule has 0 saturated heterocycles. The van der Waals surface area contributed by atoms with E-state index in [9.17, 15) is 9.59 Å². The minimum Gasteiger partial charge on any atom is -0.462 e. The number of rotatable bonds is 32. The van der Waals surface area contributed by atoms with Gasteiger partial charge in [0.2, 0.25) is 0 Å². The molecule has 4 aliphatic rings. The van der Waals surface area contributed by atoms with Crippen LogP contribution in [0.3, 0.4) is 0 Å². The van der Waals surface area contributed by atoms with Crippen LogP contribution < -0.4 is 0 Å². The van der Waals surface area contributed by atoms with Crippen LogP contribution in [0.15, 0.2) is 24.3 Å². The van der Waals surface area contributed by atoms with Crippen LogP contribution in [0.4, 0.5) is 0 Å². The molecule has 0 aromatic carbocycles. The normalized spacial score (nSPS) is 29.1. The van der Waals surface area contributed by atoms with Gasteiger partial charge in [-0.25, -0.2) is 0 Å². The lowest BCUT2D eigenvalue weighted by Crippen LogP contribution is -2.55. The maximum absolute atomic E-state index is 13.1. The van der Waals surface area contributed by atoms with E-state index in [1.807, 2.05) is 0 Å². The number of hydrogen-bond acceptors (Lipinski definition) is 4. The van der Waals surface area contributed by atoms with Crippen LogP contribution in [0, 0.1) is 34.5 Å². The highest BCUT2D eigenvalue weighted by atomic mass is 16.5. The monoisotopic (exact) mass is 821 g/mol. The standard InChI is InChI=1S/C55H96O4/c1-5-7-9-11-13-15-17-19-21-23-25-27-29-31-33-35-52(56)58-47-41-43-54(3)46(45-47)37-38-48-49-39-40-51(55(49,4)44-42-50(48)54)59-53(57)36-34-32-30-28-26-24-22-20-18-16-14-12-10-8-6-2/h19-22,46-51H,5-18,23-45H2,1-4H3/b21-19-,22-20-/t46-,47-,48-,49-,50-,51-,54-,55-/m0/s1. The third kappa shape index (κ3) is 17.2. The first-order valence-electron chi connectivity index (χ1n) is 26.5. The number of ether oxygens (including phenoxy) is 2. The zero-order valence-electron chi connectivity index (χ0n) is 39.6. The summed E-state index contributed by atoms with van der Waals surface area (Å²) < 4.78 is 12.5. The second-order valence-corrected chi connectivity index (χ2v) is 20.8. The molecule has 0 N–H and O–H groups in total. The predicted molar refractivity (Wildman–Crippen MR) is 250 cm³/mol. The van der Waals surface area contributed by atoms with Crippen molar-refractivity contribution >= 4 is 11.9 Å². The summed E-state index contributed by atoms with van der Waals surface area (Å²) in [6.45, 7) is 9.64. The Bertz CT molecular complexity index is 1190. The Morgan fingerprint density at radius 3 is 1.44 bits per heavy atom. The molecule has 0 bridgehead atoms. The summed E-state index contributed by atoms with van der Waals surface area (Å²) >= 11 is 0. The third-order valence-electron chi connectivity index (χ3n) is 16.4. The Kier molecular flexibility index (Phi) is 24.5. The van der Waals surface area contributed by atoms with Crippen LogP contribution in [-0.2, 0) is 19.1 Å². The van der Waals surface area contributed by atoms with Gasteiger partial charge in [-0.1, -0.05) is 155 Å². The zero-order chi connectivity index (χ0) is 42.0. The highest BCUT2D eigenvalue weighted by Crippen LogP contribution is 2.66. The van der Waals surface area contributed by atoms with Gasteiger partial charge < -0.3 is 9.47 Å². The van der Waals surface area contributed by atoms with Crippen LogP contribution in [0.5, 0.6) is 0 Å². The van der Waals surface area contributed by atoms with Crippen LogP contribution in [0.1, 0.15) is 265 Å². The molecule has 0 unspecified atom stereocenters. The summed E-state index contributed by atoms with van der Waals surface area (Å²) in [4.78, 5) is 26.0. The van der Waals surface area contributed by atoms with Gasteiger partial charge in [0.1, 0.15) is 12.2 Å². The van der Waals surface area contributed by atoms with E-state index in [4.69, 9.17) is 9.47 Å². The van der Waals surface area contributed by atoms with E-state index in [1.54, 1.807) is 0 Å². The molecule has 4 nitrogen and oxygen atoms in total. The SMILES string of the molecule is CCCCCCCC/C=C\CCCCCCCC(=O)O[C@H]1CC[C@@]2(C)[C@@H](CC[C@@H]3[C@@H]2CC[C@]2(C)[C@@H](OC(=O)CCCCCCC/C=C\CCCCCCCC)CC[C@@H]32)C1. The van der Waals surface area contributed by atoms with E-state index < -0.39 is 0 Å². The van der Waals surface area contributed by atoms with E-state index in [0.717, 1.165) is 56.8 Å². The molecule has 340 valence electrons. The Hall–Kier alpha value is -1.58. The summed E-state index contributed by atoms with van der Waals surface area (Å²) in [6, 6.07) is 0. The lowest BCUT2D eigenvalue weighted by atomic mass is 9.45. The quantitative estimate of drug-likeness (QED) is 0.0385. The minimum atomic E-state index is 0.0436. The maximum atomic E-state index is 13.1. The van der Waals surface area contributed by atoms with Gasteiger partial charge in [0.25, 0.3) is 0 Å².